The van der Waals surface area contributed by atoms with E-state index < -0.39 is 47.1 Å². The molecule has 0 radical (unpaired) electrons. The summed E-state index contributed by atoms with van der Waals surface area (Å²) in [5, 5.41) is 3.16. The zero-order valence-electron chi connectivity index (χ0n) is 18.7. The van der Waals surface area contributed by atoms with Gasteiger partial charge >= 0.3 is 6.61 Å². The lowest BCUT2D eigenvalue weighted by molar-refractivity contribution is -0.160. The van der Waals surface area contributed by atoms with Gasteiger partial charge in [0.2, 0.25) is 11.8 Å². The first-order valence-corrected chi connectivity index (χ1v) is 13.0. The SMILES string of the molecule is NCC(=O)N1C[C@H](OC(F)F)C[C@H]1C(=O)NCc1cc2cnccc2n1S(=O)(=O)c1ccc(Br)cc1. The number of likely N-dealkylation sites (tertiary alicyclic amines) is 1. The van der Waals surface area contributed by atoms with Crippen LogP contribution in [-0.4, -0.2) is 65.9 Å². The van der Waals surface area contributed by atoms with Crippen LogP contribution in [0.25, 0.3) is 10.9 Å². The highest BCUT2D eigenvalue weighted by Crippen LogP contribution is 2.27. The second-order valence-corrected chi connectivity index (χ2v) is 10.7. The van der Waals surface area contributed by atoms with Gasteiger partial charge in [0.15, 0.2) is 0 Å². The predicted octanol–water partition coefficient (Wildman–Crippen LogP) is 1.82. The summed E-state index contributed by atoms with van der Waals surface area (Å²) in [6.45, 7) is -3.88. The first-order chi connectivity index (χ1) is 17.1. The number of hydrogen-bond acceptors (Lipinski definition) is 7. The number of pyridine rings is 1. The maximum Gasteiger partial charge on any atom is 0.345 e. The van der Waals surface area contributed by atoms with Crippen LogP contribution in [0.3, 0.4) is 0 Å². The molecule has 192 valence electrons. The fraction of sp³-hybridized carbons (Fsp3) is 0.318. The minimum Gasteiger partial charge on any atom is -0.349 e. The number of ether oxygens (including phenoxy) is 1. The van der Waals surface area contributed by atoms with Crippen molar-refractivity contribution in [2.45, 2.75) is 36.6 Å². The minimum absolute atomic E-state index is 0.0371. The molecule has 36 heavy (non-hydrogen) atoms. The summed E-state index contributed by atoms with van der Waals surface area (Å²) in [6.07, 6.45) is 1.77. The van der Waals surface area contributed by atoms with Crippen molar-refractivity contribution in [2.75, 3.05) is 13.1 Å². The van der Waals surface area contributed by atoms with Crippen LogP contribution in [-0.2, 0) is 30.9 Å². The second-order valence-electron chi connectivity index (χ2n) is 8.03. The van der Waals surface area contributed by atoms with E-state index in [-0.39, 0.29) is 30.1 Å². The van der Waals surface area contributed by atoms with Gasteiger partial charge in [-0.1, -0.05) is 15.9 Å². The van der Waals surface area contributed by atoms with Crippen molar-refractivity contribution >= 4 is 48.7 Å². The number of benzene rings is 1. The monoisotopic (exact) mass is 585 g/mol. The molecule has 1 fully saturated rings. The number of amides is 2. The molecule has 3 heterocycles. The molecule has 2 aromatic heterocycles. The van der Waals surface area contributed by atoms with E-state index in [2.05, 4.69) is 31.0 Å². The summed E-state index contributed by atoms with van der Waals surface area (Å²) in [6, 6.07) is 8.14. The van der Waals surface area contributed by atoms with Crippen LogP contribution in [0.5, 0.6) is 0 Å². The minimum atomic E-state index is -4.05. The molecule has 3 aromatic rings. The lowest BCUT2D eigenvalue weighted by Crippen LogP contribution is -2.47. The summed E-state index contributed by atoms with van der Waals surface area (Å²) in [5.41, 5.74) is 6.01. The van der Waals surface area contributed by atoms with E-state index in [1.54, 1.807) is 24.3 Å². The highest BCUT2D eigenvalue weighted by atomic mass is 79.9. The molecule has 2 atom stereocenters. The molecular weight excluding hydrogens is 564 g/mol. The molecule has 0 spiro atoms. The number of fused-ring (bicyclic) bond motifs is 1. The average molecular weight is 586 g/mol. The molecule has 0 aliphatic carbocycles. The van der Waals surface area contributed by atoms with Crippen molar-refractivity contribution in [1.29, 1.82) is 0 Å². The fourth-order valence-electron chi connectivity index (χ4n) is 4.19. The Morgan fingerprint density at radius 3 is 2.64 bits per heavy atom. The number of nitrogens with one attached hydrogen (secondary N) is 1. The van der Waals surface area contributed by atoms with Crippen LogP contribution in [0.1, 0.15) is 12.1 Å². The maximum atomic E-state index is 13.5. The van der Waals surface area contributed by atoms with Crippen molar-refractivity contribution in [3.8, 4) is 0 Å². The number of nitrogens with zero attached hydrogens (tertiary/aromatic N) is 3. The first kappa shape index (κ1) is 26.1. The summed E-state index contributed by atoms with van der Waals surface area (Å²) in [4.78, 5) is 30.4. The molecule has 10 nitrogen and oxygen atoms in total. The Kier molecular flexibility index (Phi) is 7.68. The third-order valence-corrected chi connectivity index (χ3v) is 8.09. The molecule has 2 amide bonds. The van der Waals surface area contributed by atoms with Crippen molar-refractivity contribution in [1.82, 2.24) is 19.2 Å². The van der Waals surface area contributed by atoms with Gasteiger partial charge in [0.1, 0.15) is 6.04 Å². The van der Waals surface area contributed by atoms with Crippen LogP contribution >= 0.6 is 15.9 Å². The topological polar surface area (TPSA) is 137 Å². The van der Waals surface area contributed by atoms with Crippen molar-refractivity contribution in [2.24, 2.45) is 5.73 Å². The number of carbonyl (C=O) groups excluding carboxylic acids is 2. The molecule has 0 saturated carbocycles. The summed E-state index contributed by atoms with van der Waals surface area (Å²) in [7, 11) is -4.05. The first-order valence-electron chi connectivity index (χ1n) is 10.8. The zero-order chi connectivity index (χ0) is 26.0. The lowest BCUT2D eigenvalue weighted by atomic mass is 10.2. The van der Waals surface area contributed by atoms with Gasteiger partial charge in [-0.05, 0) is 36.4 Å². The number of rotatable bonds is 8. The Labute approximate surface area is 213 Å². The predicted molar refractivity (Wildman–Crippen MR) is 128 cm³/mol. The Morgan fingerprint density at radius 2 is 1.97 bits per heavy atom. The highest BCUT2D eigenvalue weighted by molar-refractivity contribution is 9.10. The molecule has 1 aliphatic rings. The van der Waals surface area contributed by atoms with Crippen molar-refractivity contribution in [3.63, 3.8) is 0 Å². The third-order valence-electron chi connectivity index (χ3n) is 5.78. The number of hydrogen-bond donors (Lipinski definition) is 2. The maximum absolute atomic E-state index is 13.5. The van der Waals surface area contributed by atoms with Gasteiger partial charge < -0.3 is 20.7 Å². The molecule has 14 heteroatoms. The number of nitrogens with two attached hydrogens (primary N) is 1. The normalized spacial score (nSPS) is 18.2. The molecule has 0 bridgehead atoms. The zero-order valence-corrected chi connectivity index (χ0v) is 21.1. The Morgan fingerprint density at radius 1 is 1.25 bits per heavy atom. The molecule has 1 aliphatic heterocycles. The van der Waals surface area contributed by atoms with E-state index in [1.165, 1.54) is 24.5 Å². The van der Waals surface area contributed by atoms with Crippen LogP contribution in [0.4, 0.5) is 8.78 Å². The van der Waals surface area contributed by atoms with E-state index >= 15 is 0 Å². The van der Waals surface area contributed by atoms with Gasteiger partial charge in [-0.3, -0.25) is 14.6 Å². The fourth-order valence-corrected chi connectivity index (χ4v) is 5.99. The van der Waals surface area contributed by atoms with Crippen LogP contribution in [0, 0.1) is 0 Å². The van der Waals surface area contributed by atoms with Gasteiger partial charge in [0.25, 0.3) is 10.0 Å². The number of carbonyl (C=O) groups is 2. The standard InChI is InChI=1S/C22H22BrF2N5O5S/c23-14-1-3-17(4-2-14)36(33,34)30-15(7-13-10-27-6-5-18(13)30)11-28-21(32)19-8-16(35-22(24)25)12-29(19)20(31)9-26/h1-7,10,16,19,22H,8-9,11-12,26H2,(H,28,32)/t16-,19+/m1/s1. The second kappa shape index (κ2) is 10.6. The summed E-state index contributed by atoms with van der Waals surface area (Å²) < 4.78 is 58.8. The number of alkyl halides is 2. The lowest BCUT2D eigenvalue weighted by Gasteiger charge is -2.23. The van der Waals surface area contributed by atoms with Crippen LogP contribution in [0.15, 0.2) is 58.2 Å². The molecule has 0 unspecified atom stereocenters. The molecule has 1 aromatic carbocycles. The molecular formula is C22H22BrF2N5O5S. The third kappa shape index (κ3) is 5.26. The van der Waals surface area contributed by atoms with Crippen LogP contribution < -0.4 is 11.1 Å². The Balaban J connectivity index is 1.62. The van der Waals surface area contributed by atoms with Gasteiger partial charge in [0, 0.05) is 35.2 Å². The van der Waals surface area contributed by atoms with E-state index in [0.29, 0.717) is 15.4 Å². The van der Waals surface area contributed by atoms with E-state index in [4.69, 9.17) is 5.73 Å². The number of halogens is 3. The largest absolute Gasteiger partial charge is 0.349 e. The quantitative estimate of drug-likeness (QED) is 0.411. The molecule has 1 saturated heterocycles. The smallest absolute Gasteiger partial charge is 0.345 e. The average Bonchev–Trinajstić information content (AvgIpc) is 3.43. The van der Waals surface area contributed by atoms with E-state index in [0.717, 1.165) is 8.87 Å². The van der Waals surface area contributed by atoms with Crippen molar-refractivity contribution in [3.05, 3.63) is 59.0 Å². The summed E-state index contributed by atoms with van der Waals surface area (Å²) >= 11 is 3.28. The Hall–Kier alpha value is -2.94. The van der Waals surface area contributed by atoms with Crippen LogP contribution in [0.2, 0.25) is 0 Å². The number of aromatic nitrogens is 2. The van der Waals surface area contributed by atoms with Gasteiger partial charge in [0.05, 0.1) is 35.3 Å². The van der Waals surface area contributed by atoms with Gasteiger partial charge in [-0.2, -0.15) is 8.78 Å². The molecule has 4 rings (SSSR count). The Bertz CT molecular complexity index is 1380. The van der Waals surface area contributed by atoms with Gasteiger partial charge in [-0.25, -0.2) is 12.4 Å². The molecule has 3 N–H and O–H groups in total. The summed E-state index contributed by atoms with van der Waals surface area (Å²) in [5.74, 6) is -1.23. The van der Waals surface area contributed by atoms with E-state index in [1.807, 2.05) is 0 Å². The van der Waals surface area contributed by atoms with Crippen molar-refractivity contribution < 1.29 is 31.5 Å². The van der Waals surface area contributed by atoms with Gasteiger partial charge in [-0.15, -0.1) is 0 Å². The highest BCUT2D eigenvalue weighted by Gasteiger charge is 2.40. The van der Waals surface area contributed by atoms with E-state index in [9.17, 15) is 26.8 Å².